The minimum absolute atomic E-state index is 0.148. The summed E-state index contributed by atoms with van der Waals surface area (Å²) in [6, 6.07) is 3.96. The molecule has 8 nitrogen and oxygen atoms in total. The average Bonchev–Trinajstić information content (AvgIpc) is 2.84. The smallest absolute Gasteiger partial charge is 0.244 e. The van der Waals surface area contributed by atoms with Gasteiger partial charge in [-0.3, -0.25) is 0 Å². The highest BCUT2D eigenvalue weighted by Gasteiger charge is 2.24. The molecule has 0 aromatic carbocycles. The van der Waals surface area contributed by atoms with Gasteiger partial charge in [-0.1, -0.05) is 0 Å². The van der Waals surface area contributed by atoms with Crippen LogP contribution in [0.25, 0.3) is 0 Å². The molecule has 0 aliphatic heterocycles. The largest absolute Gasteiger partial charge is 0.319 e. The summed E-state index contributed by atoms with van der Waals surface area (Å²) in [4.78, 5) is 3.58. The number of aromatic nitrogens is 4. The van der Waals surface area contributed by atoms with Gasteiger partial charge in [-0.2, -0.15) is 5.26 Å². The van der Waals surface area contributed by atoms with E-state index in [0.717, 1.165) is 0 Å². The quantitative estimate of drug-likeness (QED) is 0.856. The fourth-order valence-electron chi connectivity index (χ4n) is 1.72. The lowest BCUT2D eigenvalue weighted by Gasteiger charge is -2.13. The topological polar surface area (TPSA) is 114 Å². The summed E-state index contributed by atoms with van der Waals surface area (Å²) in [6.45, 7) is 1.64. The van der Waals surface area contributed by atoms with Crippen LogP contribution in [0.4, 0.5) is 0 Å². The standard InChI is InChI=1S/C11H12N6O2S/c1-8(11-15-14-7-17(11)2)16-20(18,19)10-4-3-5-13-9(10)6-12/h3-5,7-8,16H,1-2H3. The van der Waals surface area contributed by atoms with Crippen LogP contribution in [-0.2, 0) is 17.1 Å². The SMILES string of the molecule is CC(NS(=O)(=O)c1cccnc1C#N)c1nncn1C. The third kappa shape index (κ3) is 2.66. The molecule has 0 saturated heterocycles. The van der Waals surface area contributed by atoms with E-state index in [1.165, 1.54) is 24.7 Å². The van der Waals surface area contributed by atoms with E-state index in [1.807, 2.05) is 0 Å². The molecule has 0 radical (unpaired) electrons. The number of rotatable bonds is 4. The van der Waals surface area contributed by atoms with Gasteiger partial charge in [-0.25, -0.2) is 18.1 Å². The van der Waals surface area contributed by atoms with Gasteiger partial charge in [-0.05, 0) is 19.1 Å². The maximum Gasteiger partial charge on any atom is 0.244 e. The van der Waals surface area contributed by atoms with E-state index in [-0.39, 0.29) is 10.6 Å². The molecule has 0 spiro atoms. The zero-order valence-electron chi connectivity index (χ0n) is 10.8. The minimum Gasteiger partial charge on any atom is -0.319 e. The average molecular weight is 292 g/mol. The third-order valence-corrected chi connectivity index (χ3v) is 4.20. The normalized spacial score (nSPS) is 12.8. The second-order valence-electron chi connectivity index (χ2n) is 4.10. The summed E-state index contributed by atoms with van der Waals surface area (Å²) in [5, 5.41) is 16.4. The Morgan fingerprint density at radius 1 is 1.50 bits per heavy atom. The van der Waals surface area contributed by atoms with E-state index in [2.05, 4.69) is 19.9 Å². The van der Waals surface area contributed by atoms with E-state index in [4.69, 9.17) is 5.26 Å². The molecule has 1 N–H and O–H groups in total. The molecule has 0 fully saturated rings. The zero-order chi connectivity index (χ0) is 14.8. The monoisotopic (exact) mass is 292 g/mol. The number of aryl methyl sites for hydroxylation is 1. The van der Waals surface area contributed by atoms with E-state index in [9.17, 15) is 8.42 Å². The van der Waals surface area contributed by atoms with Crippen molar-refractivity contribution in [1.29, 1.82) is 5.26 Å². The molecule has 1 atom stereocenters. The molecule has 0 amide bonds. The van der Waals surface area contributed by atoms with Gasteiger partial charge in [0.1, 0.15) is 23.1 Å². The van der Waals surface area contributed by atoms with E-state index in [1.54, 1.807) is 24.6 Å². The zero-order valence-corrected chi connectivity index (χ0v) is 11.7. The first kappa shape index (κ1) is 14.1. The minimum atomic E-state index is -3.86. The van der Waals surface area contributed by atoms with Crippen molar-refractivity contribution in [3.8, 4) is 6.07 Å². The van der Waals surface area contributed by atoms with Crippen LogP contribution in [-0.4, -0.2) is 28.2 Å². The van der Waals surface area contributed by atoms with Crippen LogP contribution in [0, 0.1) is 11.3 Å². The number of nitrogens with zero attached hydrogens (tertiary/aromatic N) is 5. The predicted molar refractivity (Wildman–Crippen MR) is 68.7 cm³/mol. The molecule has 104 valence electrons. The van der Waals surface area contributed by atoms with Crippen LogP contribution in [0.2, 0.25) is 0 Å². The lowest BCUT2D eigenvalue weighted by molar-refractivity contribution is 0.552. The second kappa shape index (κ2) is 5.36. The van der Waals surface area contributed by atoms with Crippen molar-refractivity contribution in [1.82, 2.24) is 24.5 Å². The highest BCUT2D eigenvalue weighted by Crippen LogP contribution is 2.16. The van der Waals surface area contributed by atoms with Gasteiger partial charge in [0.15, 0.2) is 5.69 Å². The first-order valence-corrected chi connectivity index (χ1v) is 7.15. The molecular formula is C11H12N6O2S. The van der Waals surface area contributed by atoms with Crippen LogP contribution >= 0.6 is 0 Å². The summed E-state index contributed by atoms with van der Waals surface area (Å²) < 4.78 is 28.6. The fraction of sp³-hybridized carbons (Fsp3) is 0.273. The first-order valence-electron chi connectivity index (χ1n) is 5.67. The maximum absolute atomic E-state index is 12.3. The molecule has 20 heavy (non-hydrogen) atoms. The highest BCUT2D eigenvalue weighted by atomic mass is 32.2. The second-order valence-corrected chi connectivity index (χ2v) is 5.79. The molecule has 0 saturated carbocycles. The Kier molecular flexibility index (Phi) is 3.78. The van der Waals surface area contributed by atoms with Crippen LogP contribution in [0.5, 0.6) is 0 Å². The molecule has 0 aliphatic carbocycles. The number of pyridine rings is 1. The van der Waals surface area contributed by atoms with Gasteiger partial charge in [0.05, 0.1) is 6.04 Å². The first-order chi connectivity index (χ1) is 9.45. The van der Waals surface area contributed by atoms with Gasteiger partial charge < -0.3 is 4.57 Å². The summed E-state index contributed by atoms with van der Waals surface area (Å²) >= 11 is 0. The van der Waals surface area contributed by atoms with Crippen molar-refractivity contribution >= 4 is 10.0 Å². The Bertz CT molecular complexity index is 761. The van der Waals surface area contributed by atoms with Gasteiger partial charge in [0.25, 0.3) is 0 Å². The molecule has 2 heterocycles. The molecule has 0 aliphatic rings. The Labute approximate surface area is 116 Å². The van der Waals surface area contributed by atoms with Crippen molar-refractivity contribution in [3.05, 3.63) is 36.2 Å². The fourth-order valence-corrected chi connectivity index (χ4v) is 3.03. The van der Waals surface area contributed by atoms with Crippen molar-refractivity contribution in [2.45, 2.75) is 17.9 Å². The van der Waals surface area contributed by atoms with Crippen molar-refractivity contribution in [3.63, 3.8) is 0 Å². The van der Waals surface area contributed by atoms with Crippen molar-refractivity contribution in [2.75, 3.05) is 0 Å². The highest BCUT2D eigenvalue weighted by molar-refractivity contribution is 7.89. The molecule has 2 aromatic heterocycles. The van der Waals surface area contributed by atoms with Crippen LogP contribution < -0.4 is 4.72 Å². The van der Waals surface area contributed by atoms with Crippen LogP contribution in [0.3, 0.4) is 0 Å². The van der Waals surface area contributed by atoms with E-state index >= 15 is 0 Å². The lowest BCUT2D eigenvalue weighted by Crippen LogP contribution is -2.29. The summed E-state index contributed by atoms with van der Waals surface area (Å²) in [5.41, 5.74) is -0.148. The van der Waals surface area contributed by atoms with E-state index < -0.39 is 16.1 Å². The van der Waals surface area contributed by atoms with Gasteiger partial charge in [-0.15, -0.1) is 10.2 Å². The number of nitriles is 1. The van der Waals surface area contributed by atoms with Crippen molar-refractivity contribution < 1.29 is 8.42 Å². The van der Waals surface area contributed by atoms with Crippen LogP contribution in [0.15, 0.2) is 29.6 Å². The molecule has 9 heteroatoms. The number of hydrogen-bond donors (Lipinski definition) is 1. The third-order valence-electron chi connectivity index (χ3n) is 2.63. The van der Waals surface area contributed by atoms with Crippen molar-refractivity contribution in [2.24, 2.45) is 7.05 Å². The number of nitrogens with one attached hydrogen (secondary N) is 1. The van der Waals surface area contributed by atoms with Crippen LogP contribution in [0.1, 0.15) is 24.5 Å². The summed E-state index contributed by atoms with van der Waals surface area (Å²) in [6.07, 6.45) is 2.84. The Morgan fingerprint density at radius 3 is 2.85 bits per heavy atom. The molecular weight excluding hydrogens is 280 g/mol. The maximum atomic E-state index is 12.3. The molecule has 2 aromatic rings. The number of sulfonamides is 1. The lowest BCUT2D eigenvalue weighted by atomic mass is 10.3. The predicted octanol–water partition coefficient (Wildman–Crippen LogP) is 0.121. The van der Waals surface area contributed by atoms with Gasteiger partial charge in [0, 0.05) is 13.2 Å². The number of hydrogen-bond acceptors (Lipinski definition) is 6. The van der Waals surface area contributed by atoms with Gasteiger partial charge in [0.2, 0.25) is 10.0 Å². The molecule has 2 rings (SSSR count). The summed E-state index contributed by atoms with van der Waals surface area (Å²) in [5.74, 6) is 0.468. The molecule has 1 unspecified atom stereocenters. The Balaban J connectivity index is 2.33. The Morgan fingerprint density at radius 2 is 2.25 bits per heavy atom. The molecule has 0 bridgehead atoms. The van der Waals surface area contributed by atoms with Gasteiger partial charge >= 0.3 is 0 Å². The Hall–Kier alpha value is -2.31. The summed E-state index contributed by atoms with van der Waals surface area (Å²) in [7, 11) is -2.15. The van der Waals surface area contributed by atoms with E-state index in [0.29, 0.717) is 5.82 Å².